The standard InChI is InChI=1S/C23H26F3N7O/c1-13-10-33-20(9-19(30-33)22(34)32-11-18(12-32)31-4-3-5-31)21(28-13)29-14(2)15-6-16(23(24,25)26)8-17(27)7-15/h6-10,14,18H,3-5,11-12,27H2,1-2H3,(H,28,29)/t14-/m1/s1. The van der Waals surface area contributed by atoms with E-state index in [0.29, 0.717) is 47.4 Å². The van der Waals surface area contributed by atoms with Gasteiger partial charge in [0, 0.05) is 30.9 Å². The van der Waals surface area contributed by atoms with E-state index in [1.807, 2.05) is 0 Å². The molecule has 34 heavy (non-hydrogen) atoms. The first-order chi connectivity index (χ1) is 16.1. The van der Waals surface area contributed by atoms with Crippen molar-refractivity contribution in [1.82, 2.24) is 24.4 Å². The summed E-state index contributed by atoms with van der Waals surface area (Å²) in [7, 11) is 0. The summed E-state index contributed by atoms with van der Waals surface area (Å²) >= 11 is 0. The molecule has 0 spiro atoms. The van der Waals surface area contributed by atoms with Gasteiger partial charge in [0.1, 0.15) is 5.52 Å². The SMILES string of the molecule is Cc1cn2nc(C(=O)N3CC(N4CCC4)C3)cc2c(N[C@H](C)c2cc(N)cc(C(F)(F)F)c2)n1. The number of alkyl halides is 3. The van der Waals surface area contributed by atoms with Crippen LogP contribution in [0, 0.1) is 6.92 Å². The molecule has 5 rings (SSSR count). The van der Waals surface area contributed by atoms with Crippen LogP contribution in [0.15, 0.2) is 30.5 Å². The summed E-state index contributed by atoms with van der Waals surface area (Å²) in [6.07, 6.45) is -1.57. The molecule has 2 aliphatic heterocycles. The van der Waals surface area contributed by atoms with Gasteiger partial charge in [0.2, 0.25) is 0 Å². The molecule has 0 radical (unpaired) electrons. The average molecular weight is 474 g/mol. The third-order valence-electron chi connectivity index (χ3n) is 6.51. The number of rotatable bonds is 5. The fraction of sp³-hybridized carbons (Fsp3) is 0.435. The number of nitrogens with zero attached hydrogens (tertiary/aromatic N) is 5. The summed E-state index contributed by atoms with van der Waals surface area (Å²) in [5.74, 6) is 0.292. The molecule has 1 aromatic carbocycles. The lowest BCUT2D eigenvalue weighted by molar-refractivity contribution is -0.137. The summed E-state index contributed by atoms with van der Waals surface area (Å²) in [5.41, 5.74) is 6.86. The van der Waals surface area contributed by atoms with Crippen LogP contribution in [0.4, 0.5) is 24.7 Å². The molecule has 0 bridgehead atoms. The number of carbonyl (C=O) groups is 1. The van der Waals surface area contributed by atoms with Gasteiger partial charge in [0.25, 0.3) is 5.91 Å². The monoisotopic (exact) mass is 473 g/mol. The van der Waals surface area contributed by atoms with Crippen LogP contribution in [0.3, 0.4) is 0 Å². The molecule has 180 valence electrons. The number of nitrogens with one attached hydrogen (secondary N) is 1. The molecule has 4 heterocycles. The maximum Gasteiger partial charge on any atom is 0.416 e. The number of nitrogens with two attached hydrogens (primary N) is 1. The highest BCUT2D eigenvalue weighted by Gasteiger charge is 2.38. The van der Waals surface area contributed by atoms with Crippen LogP contribution in [0.5, 0.6) is 0 Å². The van der Waals surface area contributed by atoms with Crippen LogP contribution in [0.1, 0.15) is 46.7 Å². The molecule has 1 atom stereocenters. The van der Waals surface area contributed by atoms with Crippen molar-refractivity contribution in [2.45, 2.75) is 38.5 Å². The van der Waals surface area contributed by atoms with Gasteiger partial charge in [0.05, 0.1) is 23.5 Å². The number of benzene rings is 1. The summed E-state index contributed by atoms with van der Waals surface area (Å²) in [5, 5.41) is 7.61. The minimum atomic E-state index is -4.50. The maximum atomic E-state index is 13.2. The van der Waals surface area contributed by atoms with Gasteiger partial charge < -0.3 is 16.0 Å². The number of carbonyl (C=O) groups excluding carboxylic acids is 1. The van der Waals surface area contributed by atoms with Gasteiger partial charge in [-0.2, -0.15) is 18.3 Å². The Labute approximate surface area is 194 Å². The first kappa shape index (κ1) is 22.5. The Bertz CT molecular complexity index is 1250. The highest BCUT2D eigenvalue weighted by Crippen LogP contribution is 2.33. The van der Waals surface area contributed by atoms with E-state index in [0.717, 1.165) is 25.2 Å². The Morgan fingerprint density at radius 2 is 1.94 bits per heavy atom. The lowest BCUT2D eigenvalue weighted by Crippen LogP contribution is -2.63. The number of aromatic nitrogens is 3. The highest BCUT2D eigenvalue weighted by molar-refractivity contribution is 5.95. The number of fused-ring (bicyclic) bond motifs is 1. The molecule has 11 heteroatoms. The van der Waals surface area contributed by atoms with Gasteiger partial charge in [-0.15, -0.1) is 0 Å². The molecular formula is C23H26F3N7O. The van der Waals surface area contributed by atoms with Crippen molar-refractivity contribution in [3.05, 3.63) is 53.0 Å². The quantitative estimate of drug-likeness (QED) is 0.553. The first-order valence-corrected chi connectivity index (χ1v) is 11.2. The van der Waals surface area contributed by atoms with E-state index in [4.69, 9.17) is 5.73 Å². The van der Waals surface area contributed by atoms with Gasteiger partial charge in [-0.05, 0) is 57.1 Å². The zero-order chi connectivity index (χ0) is 24.2. The molecule has 0 saturated carbocycles. The minimum absolute atomic E-state index is 0.0316. The second-order valence-corrected chi connectivity index (χ2v) is 9.10. The van der Waals surface area contributed by atoms with Crippen molar-refractivity contribution in [2.24, 2.45) is 0 Å². The van der Waals surface area contributed by atoms with Crippen molar-refractivity contribution >= 4 is 22.9 Å². The zero-order valence-electron chi connectivity index (χ0n) is 18.9. The number of nitrogen functional groups attached to an aromatic ring is 1. The maximum absolute atomic E-state index is 13.2. The number of hydrogen-bond donors (Lipinski definition) is 2. The normalized spacial score (nSPS) is 18.0. The van der Waals surface area contributed by atoms with Crippen molar-refractivity contribution in [1.29, 1.82) is 0 Å². The molecular weight excluding hydrogens is 447 g/mol. The van der Waals surface area contributed by atoms with Crippen LogP contribution in [0.25, 0.3) is 5.52 Å². The summed E-state index contributed by atoms with van der Waals surface area (Å²) in [6.45, 7) is 7.10. The van der Waals surface area contributed by atoms with Gasteiger partial charge in [-0.3, -0.25) is 9.69 Å². The van der Waals surface area contributed by atoms with Crippen LogP contribution >= 0.6 is 0 Å². The van der Waals surface area contributed by atoms with Crippen molar-refractivity contribution in [3.63, 3.8) is 0 Å². The van der Waals surface area contributed by atoms with E-state index in [2.05, 4.69) is 20.3 Å². The van der Waals surface area contributed by atoms with Crippen LogP contribution < -0.4 is 11.1 Å². The van der Waals surface area contributed by atoms with E-state index in [1.165, 1.54) is 12.5 Å². The van der Waals surface area contributed by atoms with Crippen LogP contribution in [0.2, 0.25) is 0 Å². The number of likely N-dealkylation sites (tertiary alicyclic amines) is 2. The van der Waals surface area contributed by atoms with Gasteiger partial charge in [0.15, 0.2) is 11.5 Å². The number of hydrogen-bond acceptors (Lipinski definition) is 6. The molecule has 0 aliphatic carbocycles. The number of aryl methyl sites for hydroxylation is 1. The lowest BCUT2D eigenvalue weighted by atomic mass is 10.0. The molecule has 2 aromatic heterocycles. The van der Waals surface area contributed by atoms with E-state index in [-0.39, 0.29) is 11.6 Å². The largest absolute Gasteiger partial charge is 0.416 e. The fourth-order valence-electron chi connectivity index (χ4n) is 4.42. The van der Waals surface area contributed by atoms with E-state index in [9.17, 15) is 18.0 Å². The van der Waals surface area contributed by atoms with E-state index in [1.54, 1.807) is 35.5 Å². The lowest BCUT2D eigenvalue weighted by Gasteiger charge is -2.48. The number of amides is 1. The predicted octanol–water partition coefficient (Wildman–Crippen LogP) is 3.34. The topological polar surface area (TPSA) is 91.8 Å². The number of anilines is 2. The molecule has 1 amide bonds. The zero-order valence-corrected chi connectivity index (χ0v) is 18.9. The molecule has 2 aliphatic rings. The van der Waals surface area contributed by atoms with Gasteiger partial charge in [-0.25, -0.2) is 9.50 Å². The Kier molecular flexibility index (Phi) is 5.38. The van der Waals surface area contributed by atoms with Crippen LogP contribution in [-0.4, -0.2) is 62.5 Å². The average Bonchev–Trinajstić information content (AvgIpc) is 3.11. The van der Waals surface area contributed by atoms with E-state index < -0.39 is 17.8 Å². The molecule has 2 saturated heterocycles. The molecule has 3 N–H and O–H groups in total. The van der Waals surface area contributed by atoms with Gasteiger partial charge in [-0.1, -0.05) is 0 Å². The Morgan fingerprint density at radius 1 is 1.21 bits per heavy atom. The third-order valence-corrected chi connectivity index (χ3v) is 6.51. The summed E-state index contributed by atoms with van der Waals surface area (Å²) < 4.78 is 41.3. The fourth-order valence-corrected chi connectivity index (χ4v) is 4.42. The molecule has 3 aromatic rings. The third kappa shape index (κ3) is 4.15. The predicted molar refractivity (Wildman–Crippen MR) is 121 cm³/mol. The van der Waals surface area contributed by atoms with Crippen molar-refractivity contribution < 1.29 is 18.0 Å². The summed E-state index contributed by atoms with van der Waals surface area (Å²) in [6, 6.07) is 5.06. The van der Waals surface area contributed by atoms with Crippen LogP contribution in [-0.2, 0) is 6.18 Å². The second-order valence-electron chi connectivity index (χ2n) is 9.10. The molecule has 2 fully saturated rings. The Balaban J connectivity index is 1.38. The molecule has 8 nitrogen and oxygen atoms in total. The number of halogens is 3. The van der Waals surface area contributed by atoms with Crippen molar-refractivity contribution in [2.75, 3.05) is 37.2 Å². The van der Waals surface area contributed by atoms with E-state index >= 15 is 0 Å². The summed E-state index contributed by atoms with van der Waals surface area (Å²) in [4.78, 5) is 21.6. The van der Waals surface area contributed by atoms with Gasteiger partial charge >= 0.3 is 6.18 Å². The Morgan fingerprint density at radius 3 is 2.59 bits per heavy atom. The first-order valence-electron chi connectivity index (χ1n) is 11.2. The highest BCUT2D eigenvalue weighted by atomic mass is 19.4. The Hall–Kier alpha value is -3.34. The minimum Gasteiger partial charge on any atom is -0.399 e. The smallest absolute Gasteiger partial charge is 0.399 e. The van der Waals surface area contributed by atoms with Crippen molar-refractivity contribution in [3.8, 4) is 0 Å². The molecule has 0 unspecified atom stereocenters. The second kappa shape index (κ2) is 8.15.